The van der Waals surface area contributed by atoms with Gasteiger partial charge >= 0.3 is 0 Å². The molecule has 7 rings (SSSR count). The van der Waals surface area contributed by atoms with E-state index in [-0.39, 0.29) is 30.7 Å². The van der Waals surface area contributed by atoms with Crippen LogP contribution in [0, 0.1) is 31.1 Å². The molecular weight excluding hydrogens is 760 g/mol. The summed E-state index contributed by atoms with van der Waals surface area (Å²) in [4.78, 5) is 46.8. The highest BCUT2D eigenvalue weighted by Gasteiger charge is 2.35. The number of aryl methyl sites for hydroxylation is 1. The first-order chi connectivity index (χ1) is 27.7. The highest BCUT2D eigenvalue weighted by Crippen LogP contribution is 2.37. The smallest absolute Gasteiger partial charge is 0.255 e. The zero-order valence-electron chi connectivity index (χ0n) is 32.2. The molecule has 294 valence electrons. The Morgan fingerprint density at radius 3 is 2.67 bits per heavy atom. The van der Waals surface area contributed by atoms with E-state index in [2.05, 4.69) is 54.4 Å². The number of piperidine rings is 1. The number of nitrogens with one attached hydrogen (secondary N) is 4. The van der Waals surface area contributed by atoms with E-state index in [1.165, 1.54) is 6.21 Å². The summed E-state index contributed by atoms with van der Waals surface area (Å²) in [5.41, 5.74) is 6.85. The number of carbonyl (C=O) groups is 3. The van der Waals surface area contributed by atoms with Crippen molar-refractivity contribution in [2.45, 2.75) is 64.7 Å². The molecule has 3 aliphatic heterocycles. The average molecular weight is 805 g/mol. The number of aliphatic imine (C=N–C) groups is 1. The molecule has 57 heavy (non-hydrogen) atoms. The Bertz CT molecular complexity index is 2310. The Morgan fingerprint density at radius 1 is 1.14 bits per heavy atom. The number of aldehydes is 1. The number of rotatable bonds is 13. The summed E-state index contributed by atoms with van der Waals surface area (Å²) >= 11 is 7.78. The summed E-state index contributed by atoms with van der Waals surface area (Å²) in [6.45, 7) is 8.15. The number of halogens is 1. The van der Waals surface area contributed by atoms with E-state index < -0.39 is 6.04 Å². The molecule has 2 aromatic carbocycles. The minimum Gasteiger partial charge on any atom is -0.389 e. The molecule has 15 heteroatoms. The number of likely N-dealkylation sites (tertiary alicyclic amines) is 1. The molecule has 4 aromatic rings. The molecule has 0 bridgehead atoms. The minimum absolute atomic E-state index is 0.156. The van der Waals surface area contributed by atoms with Crippen LogP contribution in [-0.2, 0) is 22.7 Å². The predicted molar refractivity (Wildman–Crippen MR) is 224 cm³/mol. The van der Waals surface area contributed by atoms with Gasteiger partial charge in [-0.15, -0.1) is 21.5 Å². The largest absolute Gasteiger partial charge is 0.389 e. The summed E-state index contributed by atoms with van der Waals surface area (Å²) in [6.07, 6.45) is 6.20. The molecule has 0 aliphatic carbocycles. The Hall–Kier alpha value is -5.62. The molecule has 5 heterocycles. The van der Waals surface area contributed by atoms with Crippen LogP contribution in [0.4, 0.5) is 5.69 Å². The lowest BCUT2D eigenvalue weighted by atomic mass is 10.00. The van der Waals surface area contributed by atoms with Crippen LogP contribution in [0.3, 0.4) is 0 Å². The topological polar surface area (TPSA) is 161 Å². The minimum atomic E-state index is -0.649. The van der Waals surface area contributed by atoms with Crippen LogP contribution in [-0.4, -0.2) is 99.9 Å². The molecular formula is C42H45ClN10O3S. The van der Waals surface area contributed by atoms with Gasteiger partial charge in [-0.1, -0.05) is 41.6 Å². The third-order valence-corrected chi connectivity index (χ3v) is 12.2. The number of nitrogens with zero attached hydrogens (tertiary/aromatic N) is 6. The van der Waals surface area contributed by atoms with Crippen LogP contribution in [0.2, 0.25) is 5.02 Å². The fourth-order valence-corrected chi connectivity index (χ4v) is 8.88. The number of thiophene rings is 1. The van der Waals surface area contributed by atoms with E-state index >= 15 is 0 Å². The van der Waals surface area contributed by atoms with E-state index in [0.717, 1.165) is 93.9 Å². The zero-order chi connectivity index (χ0) is 40.1. The van der Waals surface area contributed by atoms with Crippen molar-refractivity contribution in [1.82, 2.24) is 35.2 Å². The molecule has 2 amide bonds. The second-order valence-corrected chi connectivity index (χ2v) is 15.7. The van der Waals surface area contributed by atoms with Gasteiger partial charge < -0.3 is 36.0 Å². The van der Waals surface area contributed by atoms with Crippen LogP contribution in [0.15, 0.2) is 59.2 Å². The van der Waals surface area contributed by atoms with Crippen LogP contribution in [0.25, 0.3) is 5.00 Å². The SMILES string of the molecule is CNC(=O)CCC(C=O)N1Cc2c(NC3CCN(CCN/C=C(/C#Cc4sc5c(c4C)C(c4ccc(Cl)cc4)=NCc4nnc(C)n4-5)C=N)CC3)cccc2C1=O. The van der Waals surface area contributed by atoms with E-state index in [4.69, 9.17) is 22.0 Å². The second kappa shape index (κ2) is 17.7. The van der Waals surface area contributed by atoms with Gasteiger partial charge in [0.1, 0.15) is 23.7 Å². The van der Waals surface area contributed by atoms with E-state index in [9.17, 15) is 14.4 Å². The summed E-state index contributed by atoms with van der Waals surface area (Å²) in [5, 5.41) is 28.0. The van der Waals surface area contributed by atoms with Gasteiger partial charge in [-0.3, -0.25) is 19.1 Å². The van der Waals surface area contributed by atoms with Crippen LogP contribution < -0.4 is 16.0 Å². The van der Waals surface area contributed by atoms with E-state index in [0.29, 0.717) is 35.8 Å². The first-order valence-corrected chi connectivity index (χ1v) is 20.3. The lowest BCUT2D eigenvalue weighted by Gasteiger charge is -2.33. The predicted octanol–water partition coefficient (Wildman–Crippen LogP) is 5.05. The van der Waals surface area contributed by atoms with Crippen LogP contribution in [0.1, 0.15) is 74.8 Å². The Morgan fingerprint density at radius 2 is 1.93 bits per heavy atom. The Balaban J connectivity index is 0.938. The highest BCUT2D eigenvalue weighted by atomic mass is 35.5. The lowest BCUT2D eigenvalue weighted by Crippen LogP contribution is -2.41. The number of fused-ring (bicyclic) bond motifs is 4. The first-order valence-electron chi connectivity index (χ1n) is 19.1. The van der Waals surface area contributed by atoms with Crippen molar-refractivity contribution in [2.75, 3.05) is 38.5 Å². The van der Waals surface area contributed by atoms with Gasteiger partial charge in [0.25, 0.3) is 5.91 Å². The molecule has 1 saturated heterocycles. The van der Waals surface area contributed by atoms with Gasteiger partial charge in [-0.25, -0.2) is 0 Å². The third kappa shape index (κ3) is 8.56. The van der Waals surface area contributed by atoms with Crippen LogP contribution >= 0.6 is 22.9 Å². The van der Waals surface area contributed by atoms with Crippen LogP contribution in [0.5, 0.6) is 0 Å². The van der Waals surface area contributed by atoms with Gasteiger partial charge in [-0.2, -0.15) is 0 Å². The van der Waals surface area contributed by atoms with Gasteiger partial charge in [0.2, 0.25) is 5.91 Å². The Kier molecular flexibility index (Phi) is 12.3. The Labute approximate surface area is 341 Å². The molecule has 1 atom stereocenters. The van der Waals surface area contributed by atoms with Crippen molar-refractivity contribution in [3.8, 4) is 16.8 Å². The van der Waals surface area contributed by atoms with Crippen molar-refractivity contribution in [2.24, 2.45) is 4.99 Å². The van der Waals surface area contributed by atoms with Gasteiger partial charge in [0, 0.05) is 97.6 Å². The monoisotopic (exact) mass is 804 g/mol. The molecule has 1 unspecified atom stereocenters. The van der Waals surface area contributed by atoms with Gasteiger partial charge in [0.05, 0.1) is 22.2 Å². The first kappa shape index (κ1) is 39.6. The fraction of sp³-hybridized carbons (Fsp3) is 0.357. The summed E-state index contributed by atoms with van der Waals surface area (Å²) < 4.78 is 2.06. The standard InChI is InChI=1S/C42H45ClN10O3S/c1-26-36(57-42-39(26)40(29-8-10-30(43)11-9-29)47-23-37-50-49-27(2)53(37)42)13-7-28(21-44)22-46-17-20-51-18-15-31(16-19-51)48-35-6-4-5-33-34(35)24-52(41(33)56)32(25-54)12-14-38(55)45-3/h4-6,8-11,21-22,25,31-32,44,46,48H,12,14-20,23-24H2,1-3H3,(H,45,55)/b28-22-,44-21?. The lowest BCUT2D eigenvalue weighted by molar-refractivity contribution is -0.121. The van der Waals surface area contributed by atoms with E-state index in [1.807, 2.05) is 49.4 Å². The third-order valence-electron chi connectivity index (χ3n) is 10.7. The zero-order valence-corrected chi connectivity index (χ0v) is 33.8. The number of aromatic nitrogens is 3. The molecule has 0 saturated carbocycles. The number of hydrogen-bond acceptors (Lipinski definition) is 11. The van der Waals surface area contributed by atoms with Gasteiger partial charge in [0.15, 0.2) is 5.82 Å². The van der Waals surface area contributed by atoms with Crippen molar-refractivity contribution < 1.29 is 14.4 Å². The molecule has 0 radical (unpaired) electrons. The second-order valence-electron chi connectivity index (χ2n) is 14.3. The molecule has 1 fully saturated rings. The number of allylic oxidation sites excluding steroid dienone is 1. The molecule has 0 spiro atoms. The molecule has 3 aliphatic rings. The molecule has 2 aromatic heterocycles. The van der Waals surface area contributed by atoms with Crippen molar-refractivity contribution >= 4 is 58.7 Å². The summed E-state index contributed by atoms with van der Waals surface area (Å²) in [7, 11) is 1.56. The number of carbonyl (C=O) groups excluding carboxylic acids is 3. The number of amides is 2. The summed E-state index contributed by atoms with van der Waals surface area (Å²) in [5.74, 6) is 7.76. The average Bonchev–Trinajstić information content (AvgIpc) is 3.83. The molecule has 4 N–H and O–H groups in total. The summed E-state index contributed by atoms with van der Waals surface area (Å²) in [6, 6.07) is 13.0. The maximum atomic E-state index is 13.2. The van der Waals surface area contributed by atoms with E-state index in [1.54, 1.807) is 29.5 Å². The fourth-order valence-electron chi connectivity index (χ4n) is 7.53. The number of benzene rings is 2. The van der Waals surface area contributed by atoms with Crippen molar-refractivity contribution in [3.63, 3.8) is 0 Å². The number of hydrogen-bond donors (Lipinski definition) is 4. The maximum absolute atomic E-state index is 13.2. The van der Waals surface area contributed by atoms with Crippen molar-refractivity contribution in [1.29, 1.82) is 5.41 Å². The number of anilines is 1. The maximum Gasteiger partial charge on any atom is 0.255 e. The quantitative estimate of drug-likeness (QED) is 0.0633. The normalized spacial score (nSPS) is 16.0. The van der Waals surface area contributed by atoms with Gasteiger partial charge in [-0.05, 0) is 62.9 Å². The highest BCUT2D eigenvalue weighted by molar-refractivity contribution is 7.15. The molecule has 13 nitrogen and oxygen atoms in total. The van der Waals surface area contributed by atoms with Crippen molar-refractivity contribution in [3.05, 3.63) is 104 Å².